The maximum absolute atomic E-state index is 12.4. The van der Waals surface area contributed by atoms with Crippen molar-refractivity contribution < 1.29 is 4.79 Å². The quantitative estimate of drug-likeness (QED) is 0.576. The van der Waals surface area contributed by atoms with E-state index in [4.69, 9.17) is 5.84 Å². The molecule has 0 saturated carbocycles. The number of amides is 1. The zero-order chi connectivity index (χ0) is 14.7. The number of anilines is 1. The first-order chi connectivity index (χ1) is 9.51. The van der Waals surface area contributed by atoms with Gasteiger partial charge in [0.1, 0.15) is 0 Å². The molecule has 110 valence electrons. The van der Waals surface area contributed by atoms with Crippen molar-refractivity contribution in [2.75, 3.05) is 25.6 Å². The lowest BCUT2D eigenvalue weighted by Gasteiger charge is -2.35. The van der Waals surface area contributed by atoms with Crippen LogP contribution >= 0.6 is 0 Å². The average molecular weight is 276 g/mol. The highest BCUT2D eigenvalue weighted by molar-refractivity contribution is 5.99. The zero-order valence-corrected chi connectivity index (χ0v) is 12.4. The van der Waals surface area contributed by atoms with Crippen molar-refractivity contribution in [3.63, 3.8) is 0 Å². The van der Waals surface area contributed by atoms with Gasteiger partial charge in [0.05, 0.1) is 11.3 Å². The Bertz CT molecular complexity index is 489. The number of hydrazine groups is 1. The van der Waals surface area contributed by atoms with Crippen molar-refractivity contribution in [1.82, 2.24) is 10.2 Å². The fraction of sp³-hybridized carbons (Fsp3) is 0.533. The fourth-order valence-electron chi connectivity index (χ4n) is 2.79. The second-order valence-electron chi connectivity index (χ2n) is 5.80. The van der Waals surface area contributed by atoms with Crippen LogP contribution in [0.25, 0.3) is 0 Å². The molecular formula is C15H24N4O. The molecule has 0 aliphatic carbocycles. The molecule has 1 aromatic rings. The Morgan fingerprint density at radius 3 is 2.85 bits per heavy atom. The Morgan fingerprint density at radius 1 is 1.45 bits per heavy atom. The maximum atomic E-state index is 12.4. The van der Waals surface area contributed by atoms with E-state index in [1.54, 1.807) is 0 Å². The van der Waals surface area contributed by atoms with Gasteiger partial charge in [0.25, 0.3) is 5.91 Å². The molecule has 0 radical (unpaired) electrons. The fourth-order valence-corrected chi connectivity index (χ4v) is 2.79. The highest BCUT2D eigenvalue weighted by Crippen LogP contribution is 2.19. The van der Waals surface area contributed by atoms with E-state index in [9.17, 15) is 4.79 Å². The number of nitrogens with two attached hydrogens (primary N) is 1. The molecule has 1 aliphatic heterocycles. The van der Waals surface area contributed by atoms with Gasteiger partial charge in [-0.2, -0.15) is 0 Å². The molecule has 1 aliphatic rings. The lowest BCUT2D eigenvalue weighted by Crippen LogP contribution is -2.49. The Morgan fingerprint density at radius 2 is 2.20 bits per heavy atom. The third-order valence-corrected chi connectivity index (χ3v) is 4.00. The second kappa shape index (κ2) is 6.24. The predicted octanol–water partition coefficient (Wildman–Crippen LogP) is 1.35. The number of hydrogen-bond acceptors (Lipinski definition) is 4. The van der Waals surface area contributed by atoms with Crippen molar-refractivity contribution in [2.24, 2.45) is 11.8 Å². The van der Waals surface area contributed by atoms with Crippen LogP contribution in [0.3, 0.4) is 0 Å². The Labute approximate surface area is 120 Å². The van der Waals surface area contributed by atoms with Crippen LogP contribution in [-0.4, -0.2) is 37.0 Å². The summed E-state index contributed by atoms with van der Waals surface area (Å²) in [4.78, 5) is 14.7. The zero-order valence-electron chi connectivity index (χ0n) is 12.4. The topological polar surface area (TPSA) is 70.4 Å². The Kier molecular flexibility index (Phi) is 4.62. The van der Waals surface area contributed by atoms with Crippen molar-refractivity contribution in [3.8, 4) is 0 Å². The van der Waals surface area contributed by atoms with Crippen LogP contribution in [0.4, 0.5) is 5.69 Å². The Balaban J connectivity index is 2.08. The number of piperidine rings is 1. The SMILES string of the molecule is Cc1ccc(C(=O)NC2CCN(C)CC2C)c(NN)c1. The summed E-state index contributed by atoms with van der Waals surface area (Å²) >= 11 is 0. The number of benzene rings is 1. The van der Waals surface area contributed by atoms with Crippen LogP contribution in [0.15, 0.2) is 18.2 Å². The lowest BCUT2D eigenvalue weighted by molar-refractivity contribution is 0.0884. The van der Waals surface area contributed by atoms with E-state index in [0.29, 0.717) is 17.2 Å². The molecule has 0 aromatic heterocycles. The number of aryl methyl sites for hydroxylation is 1. The number of hydrogen-bond donors (Lipinski definition) is 3. The maximum Gasteiger partial charge on any atom is 0.253 e. The molecule has 1 heterocycles. The molecule has 1 saturated heterocycles. The van der Waals surface area contributed by atoms with Crippen molar-refractivity contribution >= 4 is 11.6 Å². The lowest BCUT2D eigenvalue weighted by atomic mass is 9.94. The number of nitrogen functional groups attached to an aromatic ring is 1. The van der Waals surface area contributed by atoms with Crippen LogP contribution < -0.4 is 16.6 Å². The number of carbonyl (C=O) groups excluding carboxylic acids is 1. The molecule has 2 rings (SSSR count). The van der Waals surface area contributed by atoms with E-state index in [2.05, 4.69) is 29.6 Å². The van der Waals surface area contributed by atoms with E-state index >= 15 is 0 Å². The highest BCUT2D eigenvalue weighted by Gasteiger charge is 2.26. The van der Waals surface area contributed by atoms with Gasteiger partial charge in [-0.15, -0.1) is 0 Å². The molecule has 1 aromatic carbocycles. The number of likely N-dealkylation sites (tertiary alicyclic amines) is 1. The molecule has 0 spiro atoms. The average Bonchev–Trinajstić information content (AvgIpc) is 2.41. The summed E-state index contributed by atoms with van der Waals surface area (Å²) in [5.41, 5.74) is 4.95. The molecule has 1 amide bonds. The molecule has 5 nitrogen and oxygen atoms in total. The van der Waals surface area contributed by atoms with Gasteiger partial charge in [-0.1, -0.05) is 13.0 Å². The molecule has 2 atom stereocenters. The van der Waals surface area contributed by atoms with E-state index in [1.807, 2.05) is 25.1 Å². The first-order valence-electron chi connectivity index (χ1n) is 7.08. The van der Waals surface area contributed by atoms with Crippen molar-refractivity contribution in [1.29, 1.82) is 0 Å². The molecular weight excluding hydrogens is 252 g/mol. The largest absolute Gasteiger partial charge is 0.349 e. The molecule has 2 unspecified atom stereocenters. The van der Waals surface area contributed by atoms with E-state index in [-0.39, 0.29) is 11.9 Å². The van der Waals surface area contributed by atoms with Crippen LogP contribution in [0.2, 0.25) is 0 Å². The molecule has 20 heavy (non-hydrogen) atoms. The van der Waals surface area contributed by atoms with Crippen LogP contribution in [0.5, 0.6) is 0 Å². The summed E-state index contributed by atoms with van der Waals surface area (Å²) in [6, 6.07) is 5.85. The van der Waals surface area contributed by atoms with Crippen LogP contribution in [-0.2, 0) is 0 Å². The van der Waals surface area contributed by atoms with E-state index < -0.39 is 0 Å². The van der Waals surface area contributed by atoms with Crippen LogP contribution in [0, 0.1) is 12.8 Å². The summed E-state index contributed by atoms with van der Waals surface area (Å²) < 4.78 is 0. The van der Waals surface area contributed by atoms with Crippen molar-refractivity contribution in [2.45, 2.75) is 26.3 Å². The highest BCUT2D eigenvalue weighted by atomic mass is 16.1. The number of nitrogens with zero attached hydrogens (tertiary/aromatic N) is 1. The molecule has 5 heteroatoms. The molecule has 0 bridgehead atoms. The van der Waals surface area contributed by atoms with Gasteiger partial charge in [0, 0.05) is 12.6 Å². The molecule has 1 fully saturated rings. The minimum absolute atomic E-state index is 0.0562. The second-order valence-corrected chi connectivity index (χ2v) is 5.80. The minimum Gasteiger partial charge on any atom is -0.349 e. The summed E-state index contributed by atoms with van der Waals surface area (Å²) in [5, 5.41) is 3.14. The summed E-state index contributed by atoms with van der Waals surface area (Å²) in [5.74, 6) is 5.90. The number of rotatable bonds is 3. The first-order valence-corrected chi connectivity index (χ1v) is 7.08. The van der Waals surface area contributed by atoms with E-state index in [1.165, 1.54) is 0 Å². The van der Waals surface area contributed by atoms with E-state index in [0.717, 1.165) is 25.1 Å². The summed E-state index contributed by atoms with van der Waals surface area (Å²) in [6.07, 6.45) is 0.987. The van der Waals surface area contributed by atoms with Gasteiger partial charge in [-0.05, 0) is 50.6 Å². The third-order valence-electron chi connectivity index (χ3n) is 4.00. The third kappa shape index (κ3) is 3.29. The monoisotopic (exact) mass is 276 g/mol. The predicted molar refractivity (Wildman–Crippen MR) is 81.5 cm³/mol. The number of carbonyl (C=O) groups is 1. The first kappa shape index (κ1) is 14.8. The van der Waals surface area contributed by atoms with Gasteiger partial charge in [0.2, 0.25) is 0 Å². The van der Waals surface area contributed by atoms with Gasteiger partial charge >= 0.3 is 0 Å². The van der Waals surface area contributed by atoms with Gasteiger partial charge in [-0.25, -0.2) is 0 Å². The summed E-state index contributed by atoms with van der Waals surface area (Å²) in [6.45, 7) is 6.19. The van der Waals surface area contributed by atoms with Gasteiger partial charge in [0.15, 0.2) is 0 Å². The van der Waals surface area contributed by atoms with Gasteiger partial charge < -0.3 is 15.6 Å². The smallest absolute Gasteiger partial charge is 0.253 e. The normalized spacial score (nSPS) is 23.4. The van der Waals surface area contributed by atoms with Crippen molar-refractivity contribution in [3.05, 3.63) is 29.3 Å². The van der Waals surface area contributed by atoms with Crippen LogP contribution in [0.1, 0.15) is 29.3 Å². The minimum atomic E-state index is -0.0562. The van der Waals surface area contributed by atoms with Gasteiger partial charge in [-0.3, -0.25) is 10.6 Å². The molecule has 4 N–H and O–H groups in total. The summed E-state index contributed by atoms with van der Waals surface area (Å²) in [7, 11) is 2.12. The standard InChI is InChI=1S/C15H24N4O/c1-10-4-5-12(14(8-10)18-16)15(20)17-13-6-7-19(3)9-11(13)2/h4-5,8,11,13,18H,6-7,9,16H2,1-3H3,(H,17,20). The number of nitrogens with one attached hydrogen (secondary N) is 2. The Hall–Kier alpha value is -1.59.